The van der Waals surface area contributed by atoms with Crippen molar-refractivity contribution >= 4 is 17.3 Å². The van der Waals surface area contributed by atoms with Crippen LogP contribution in [-0.2, 0) is 13.6 Å². The standard InChI is InChI=1S/C20H20N4S/c1-23-13-7-11-17(23)19-18(16-10-5-6-12-21-16)22-20(25)24(19)14-15-8-3-2-4-9-15/h2-13,18-19H,14H2,1H3,(H,22,25)/t18-,19+/m1/s1. The lowest BCUT2D eigenvalue weighted by molar-refractivity contribution is 0.299. The Morgan fingerprint density at radius 3 is 2.52 bits per heavy atom. The molecule has 2 atom stereocenters. The van der Waals surface area contributed by atoms with Crippen LogP contribution >= 0.6 is 12.2 Å². The highest BCUT2D eigenvalue weighted by Gasteiger charge is 2.40. The van der Waals surface area contributed by atoms with Gasteiger partial charge in [0.2, 0.25) is 0 Å². The summed E-state index contributed by atoms with van der Waals surface area (Å²) in [5, 5.41) is 4.26. The summed E-state index contributed by atoms with van der Waals surface area (Å²) in [5.74, 6) is 0. The largest absolute Gasteiger partial charge is 0.353 e. The van der Waals surface area contributed by atoms with Crippen LogP contribution in [0.4, 0.5) is 0 Å². The maximum absolute atomic E-state index is 5.69. The quantitative estimate of drug-likeness (QED) is 0.731. The molecule has 1 aromatic carbocycles. The number of pyridine rings is 1. The Morgan fingerprint density at radius 1 is 1.04 bits per heavy atom. The van der Waals surface area contributed by atoms with E-state index in [9.17, 15) is 0 Å². The smallest absolute Gasteiger partial charge is 0.170 e. The van der Waals surface area contributed by atoms with Crippen molar-refractivity contribution in [3.63, 3.8) is 0 Å². The molecule has 1 N–H and O–H groups in total. The van der Waals surface area contributed by atoms with Crippen LogP contribution in [0.2, 0.25) is 0 Å². The minimum Gasteiger partial charge on any atom is -0.353 e. The van der Waals surface area contributed by atoms with Crippen molar-refractivity contribution in [2.24, 2.45) is 7.05 Å². The maximum atomic E-state index is 5.69. The molecule has 0 saturated carbocycles. The Balaban J connectivity index is 1.74. The molecule has 2 aromatic heterocycles. The summed E-state index contributed by atoms with van der Waals surface area (Å²) in [7, 11) is 2.08. The highest BCUT2D eigenvalue weighted by Crippen LogP contribution is 2.39. The number of nitrogens with one attached hydrogen (secondary N) is 1. The van der Waals surface area contributed by atoms with Crippen LogP contribution in [0.25, 0.3) is 0 Å². The summed E-state index contributed by atoms with van der Waals surface area (Å²) in [5.41, 5.74) is 3.47. The molecule has 3 aromatic rings. The summed E-state index contributed by atoms with van der Waals surface area (Å²) in [4.78, 5) is 6.83. The average molecular weight is 348 g/mol. The summed E-state index contributed by atoms with van der Waals surface area (Å²) < 4.78 is 2.16. The number of aryl methyl sites for hydroxylation is 1. The fourth-order valence-electron chi connectivity index (χ4n) is 3.46. The van der Waals surface area contributed by atoms with Gasteiger partial charge in [-0.15, -0.1) is 0 Å². The first-order chi connectivity index (χ1) is 12.2. The van der Waals surface area contributed by atoms with Crippen molar-refractivity contribution in [3.8, 4) is 0 Å². The van der Waals surface area contributed by atoms with Crippen LogP contribution in [-0.4, -0.2) is 19.6 Å². The van der Waals surface area contributed by atoms with Crippen molar-refractivity contribution in [2.45, 2.75) is 18.6 Å². The average Bonchev–Trinajstić information content (AvgIpc) is 3.20. The van der Waals surface area contributed by atoms with Crippen molar-refractivity contribution in [1.29, 1.82) is 0 Å². The number of hydrogen-bond acceptors (Lipinski definition) is 2. The maximum Gasteiger partial charge on any atom is 0.170 e. The number of hydrogen-bond donors (Lipinski definition) is 1. The fourth-order valence-corrected chi connectivity index (χ4v) is 3.76. The second-order valence-corrected chi connectivity index (χ2v) is 6.67. The molecule has 3 heterocycles. The second kappa shape index (κ2) is 6.69. The first kappa shape index (κ1) is 15.8. The molecule has 1 fully saturated rings. The zero-order valence-corrected chi connectivity index (χ0v) is 14.9. The SMILES string of the molecule is Cn1cccc1[C@H]1[C@@H](c2ccccn2)NC(=S)N1Cc1ccccc1. The lowest BCUT2D eigenvalue weighted by Gasteiger charge is -2.28. The van der Waals surface area contributed by atoms with Crippen LogP contribution in [0.3, 0.4) is 0 Å². The lowest BCUT2D eigenvalue weighted by Crippen LogP contribution is -2.29. The molecule has 0 aliphatic carbocycles. The van der Waals surface area contributed by atoms with Gasteiger partial charge in [0.25, 0.3) is 0 Å². The van der Waals surface area contributed by atoms with E-state index in [4.69, 9.17) is 12.2 Å². The predicted molar refractivity (Wildman–Crippen MR) is 103 cm³/mol. The molecule has 4 rings (SSSR count). The molecule has 5 heteroatoms. The van der Waals surface area contributed by atoms with Gasteiger partial charge in [0.1, 0.15) is 0 Å². The predicted octanol–water partition coefficient (Wildman–Crippen LogP) is 3.59. The molecule has 25 heavy (non-hydrogen) atoms. The number of benzene rings is 1. The molecule has 4 nitrogen and oxygen atoms in total. The van der Waals surface area contributed by atoms with Gasteiger partial charge in [-0.25, -0.2) is 0 Å². The molecule has 1 aliphatic rings. The summed E-state index contributed by atoms with van der Waals surface area (Å²) in [6.45, 7) is 0.770. The van der Waals surface area contributed by atoms with E-state index in [0.29, 0.717) is 0 Å². The molecule has 0 unspecified atom stereocenters. The van der Waals surface area contributed by atoms with Gasteiger partial charge in [-0.1, -0.05) is 36.4 Å². The van der Waals surface area contributed by atoms with Gasteiger partial charge in [-0.05, 0) is 42.0 Å². The van der Waals surface area contributed by atoms with Gasteiger partial charge < -0.3 is 14.8 Å². The molecule has 126 valence electrons. The van der Waals surface area contributed by atoms with Crippen LogP contribution in [0.5, 0.6) is 0 Å². The van der Waals surface area contributed by atoms with Gasteiger partial charge in [0.15, 0.2) is 5.11 Å². The lowest BCUT2D eigenvalue weighted by atomic mass is 10.0. The second-order valence-electron chi connectivity index (χ2n) is 6.28. The Kier molecular flexibility index (Phi) is 4.24. The summed E-state index contributed by atoms with van der Waals surface area (Å²) in [6.07, 6.45) is 3.91. The molecule has 0 bridgehead atoms. The Morgan fingerprint density at radius 2 is 1.84 bits per heavy atom. The van der Waals surface area contributed by atoms with E-state index in [1.54, 1.807) is 0 Å². The zero-order chi connectivity index (χ0) is 17.2. The molecular formula is C20H20N4S. The molecule has 0 spiro atoms. The fraction of sp³-hybridized carbons (Fsp3) is 0.200. The number of aromatic nitrogens is 2. The van der Waals surface area contributed by atoms with E-state index in [1.165, 1.54) is 11.3 Å². The highest BCUT2D eigenvalue weighted by atomic mass is 32.1. The van der Waals surface area contributed by atoms with Crippen LogP contribution in [0.1, 0.15) is 29.0 Å². The Labute approximate surface area is 153 Å². The minimum atomic E-state index is 0.0333. The third kappa shape index (κ3) is 3.03. The van der Waals surface area contributed by atoms with E-state index in [2.05, 4.69) is 75.5 Å². The number of thiocarbonyl (C=S) groups is 1. The first-order valence-corrected chi connectivity index (χ1v) is 8.78. The van der Waals surface area contributed by atoms with Gasteiger partial charge >= 0.3 is 0 Å². The van der Waals surface area contributed by atoms with Crippen LogP contribution in [0.15, 0.2) is 73.1 Å². The van der Waals surface area contributed by atoms with E-state index in [0.717, 1.165) is 17.4 Å². The monoisotopic (exact) mass is 348 g/mol. The number of rotatable bonds is 4. The first-order valence-electron chi connectivity index (χ1n) is 8.37. The molecule has 1 saturated heterocycles. The van der Waals surface area contributed by atoms with E-state index in [1.807, 2.05) is 24.4 Å². The van der Waals surface area contributed by atoms with E-state index < -0.39 is 0 Å². The summed E-state index contributed by atoms with van der Waals surface area (Å²) >= 11 is 5.69. The molecular weight excluding hydrogens is 328 g/mol. The van der Waals surface area contributed by atoms with Crippen molar-refractivity contribution in [3.05, 3.63) is 90.0 Å². The van der Waals surface area contributed by atoms with Crippen LogP contribution in [0, 0.1) is 0 Å². The molecule has 0 amide bonds. The zero-order valence-electron chi connectivity index (χ0n) is 14.0. The summed E-state index contributed by atoms with van der Waals surface area (Å²) in [6, 6.07) is 20.8. The molecule has 1 aliphatic heterocycles. The van der Waals surface area contributed by atoms with E-state index in [-0.39, 0.29) is 12.1 Å². The van der Waals surface area contributed by atoms with Crippen LogP contribution < -0.4 is 5.32 Å². The van der Waals surface area contributed by atoms with Gasteiger partial charge in [0, 0.05) is 31.7 Å². The van der Waals surface area contributed by atoms with Crippen molar-refractivity contribution in [2.75, 3.05) is 0 Å². The van der Waals surface area contributed by atoms with Gasteiger partial charge in [-0.3, -0.25) is 4.98 Å². The minimum absolute atomic E-state index is 0.0333. The normalized spacial score (nSPS) is 19.9. The van der Waals surface area contributed by atoms with E-state index >= 15 is 0 Å². The third-order valence-electron chi connectivity index (χ3n) is 4.68. The Hall–Kier alpha value is -2.66. The Bertz CT molecular complexity index is 860. The van der Waals surface area contributed by atoms with Gasteiger partial charge in [0.05, 0.1) is 17.8 Å². The highest BCUT2D eigenvalue weighted by molar-refractivity contribution is 7.80. The van der Waals surface area contributed by atoms with Gasteiger partial charge in [-0.2, -0.15) is 0 Å². The molecule has 0 radical (unpaired) electrons. The topological polar surface area (TPSA) is 33.1 Å². The van der Waals surface area contributed by atoms with Crippen molar-refractivity contribution < 1.29 is 0 Å². The number of nitrogens with zero attached hydrogens (tertiary/aromatic N) is 3. The van der Waals surface area contributed by atoms with Crippen molar-refractivity contribution in [1.82, 2.24) is 19.8 Å². The third-order valence-corrected chi connectivity index (χ3v) is 5.03.